The summed E-state index contributed by atoms with van der Waals surface area (Å²) in [5.74, 6) is -1.41. The van der Waals surface area contributed by atoms with Crippen molar-refractivity contribution in [3.63, 3.8) is 0 Å². The summed E-state index contributed by atoms with van der Waals surface area (Å²) in [4.78, 5) is 34.8. The summed E-state index contributed by atoms with van der Waals surface area (Å²) in [6.45, 7) is 5.72. The number of rotatable bonds is 8. The molecule has 1 aromatic carbocycles. The third-order valence-electron chi connectivity index (χ3n) is 3.29. The van der Waals surface area contributed by atoms with Crippen molar-refractivity contribution in [3.05, 3.63) is 35.4 Å². The van der Waals surface area contributed by atoms with E-state index in [1.165, 1.54) is 0 Å². The van der Waals surface area contributed by atoms with Gasteiger partial charge in [0.25, 0.3) is 0 Å². The van der Waals surface area contributed by atoms with Crippen molar-refractivity contribution in [1.29, 1.82) is 0 Å². The standard InChI is InChI=1S/C17H23NO4/c1-11(2)10-14(17(21)22)18-16(20)9-8-15(19)13-6-4-12(3)5-7-13/h4-7,11,14H,8-10H2,1-3H3,(H,18,20)(H,21,22)/t14-/m1/s1. The number of aryl methyl sites for hydroxylation is 1. The van der Waals surface area contributed by atoms with Gasteiger partial charge in [-0.15, -0.1) is 0 Å². The van der Waals surface area contributed by atoms with Crippen molar-refractivity contribution in [1.82, 2.24) is 5.32 Å². The number of hydrogen-bond acceptors (Lipinski definition) is 3. The first-order valence-corrected chi connectivity index (χ1v) is 7.41. The van der Waals surface area contributed by atoms with Gasteiger partial charge in [0.05, 0.1) is 0 Å². The SMILES string of the molecule is Cc1ccc(C(=O)CCC(=O)N[C@H](CC(C)C)C(=O)O)cc1. The molecule has 5 nitrogen and oxygen atoms in total. The average molecular weight is 305 g/mol. The average Bonchev–Trinajstić information content (AvgIpc) is 2.44. The molecule has 0 fully saturated rings. The fourth-order valence-corrected chi connectivity index (χ4v) is 2.07. The first-order chi connectivity index (χ1) is 10.3. The zero-order valence-corrected chi connectivity index (χ0v) is 13.3. The fraction of sp³-hybridized carbons (Fsp3) is 0.471. The number of nitrogens with one attached hydrogen (secondary N) is 1. The third kappa shape index (κ3) is 6.08. The molecule has 0 aliphatic heterocycles. The van der Waals surface area contributed by atoms with Crippen LogP contribution in [-0.4, -0.2) is 28.8 Å². The largest absolute Gasteiger partial charge is 0.480 e. The van der Waals surface area contributed by atoms with Gasteiger partial charge in [0.1, 0.15) is 6.04 Å². The summed E-state index contributed by atoms with van der Waals surface area (Å²) in [6.07, 6.45) is 0.435. The topological polar surface area (TPSA) is 83.5 Å². The molecule has 0 radical (unpaired) electrons. The van der Waals surface area contributed by atoms with Gasteiger partial charge in [-0.1, -0.05) is 43.7 Å². The Hall–Kier alpha value is -2.17. The lowest BCUT2D eigenvalue weighted by atomic mass is 10.0. The lowest BCUT2D eigenvalue weighted by Gasteiger charge is -2.16. The van der Waals surface area contributed by atoms with E-state index in [1.807, 2.05) is 32.9 Å². The first-order valence-electron chi connectivity index (χ1n) is 7.41. The minimum absolute atomic E-state index is 0.00537. The van der Waals surface area contributed by atoms with Crippen molar-refractivity contribution >= 4 is 17.7 Å². The van der Waals surface area contributed by atoms with E-state index in [0.29, 0.717) is 12.0 Å². The molecule has 0 saturated heterocycles. The van der Waals surface area contributed by atoms with Crippen molar-refractivity contribution < 1.29 is 19.5 Å². The van der Waals surface area contributed by atoms with Gasteiger partial charge in [-0.2, -0.15) is 0 Å². The molecule has 0 aliphatic rings. The van der Waals surface area contributed by atoms with Crippen LogP contribution in [0.2, 0.25) is 0 Å². The molecule has 0 aliphatic carbocycles. The number of carboxylic acids is 1. The highest BCUT2D eigenvalue weighted by atomic mass is 16.4. The first kappa shape index (κ1) is 17.9. The third-order valence-corrected chi connectivity index (χ3v) is 3.29. The maximum absolute atomic E-state index is 12.0. The number of hydrogen-bond donors (Lipinski definition) is 2. The number of benzene rings is 1. The smallest absolute Gasteiger partial charge is 0.326 e. The zero-order valence-electron chi connectivity index (χ0n) is 13.3. The molecule has 22 heavy (non-hydrogen) atoms. The van der Waals surface area contributed by atoms with Crippen LogP contribution in [-0.2, 0) is 9.59 Å². The van der Waals surface area contributed by atoms with Crippen molar-refractivity contribution in [2.24, 2.45) is 5.92 Å². The zero-order chi connectivity index (χ0) is 16.7. The Morgan fingerprint density at radius 2 is 1.68 bits per heavy atom. The summed E-state index contributed by atoms with van der Waals surface area (Å²) in [5, 5.41) is 11.5. The monoisotopic (exact) mass is 305 g/mol. The molecule has 2 N–H and O–H groups in total. The summed E-state index contributed by atoms with van der Waals surface area (Å²) in [5.41, 5.74) is 1.63. The predicted molar refractivity (Wildman–Crippen MR) is 83.8 cm³/mol. The summed E-state index contributed by atoms with van der Waals surface area (Å²) >= 11 is 0. The lowest BCUT2D eigenvalue weighted by Crippen LogP contribution is -2.41. The van der Waals surface area contributed by atoms with Gasteiger partial charge in [0.2, 0.25) is 5.91 Å². The lowest BCUT2D eigenvalue weighted by molar-refractivity contribution is -0.142. The van der Waals surface area contributed by atoms with Crippen LogP contribution < -0.4 is 5.32 Å². The maximum atomic E-state index is 12.0. The van der Waals surface area contributed by atoms with Crippen LogP contribution in [0.25, 0.3) is 0 Å². The second-order valence-corrected chi connectivity index (χ2v) is 5.88. The van der Waals surface area contributed by atoms with Gasteiger partial charge < -0.3 is 10.4 Å². The Labute approximate surface area is 130 Å². The van der Waals surface area contributed by atoms with Gasteiger partial charge in [-0.25, -0.2) is 4.79 Å². The molecule has 1 rings (SSSR count). The number of amides is 1. The van der Waals surface area contributed by atoms with E-state index in [2.05, 4.69) is 5.32 Å². The van der Waals surface area contributed by atoms with Crippen LogP contribution in [0.5, 0.6) is 0 Å². The Balaban J connectivity index is 2.49. The Morgan fingerprint density at radius 3 is 2.18 bits per heavy atom. The van der Waals surface area contributed by atoms with Gasteiger partial charge in [-0.3, -0.25) is 9.59 Å². The molecule has 1 aromatic rings. The second-order valence-electron chi connectivity index (χ2n) is 5.88. The molecule has 5 heteroatoms. The van der Waals surface area contributed by atoms with Crippen LogP contribution >= 0.6 is 0 Å². The van der Waals surface area contributed by atoms with Crippen LogP contribution in [0.3, 0.4) is 0 Å². The number of aliphatic carboxylic acids is 1. The van der Waals surface area contributed by atoms with Crippen molar-refractivity contribution in [2.75, 3.05) is 0 Å². The van der Waals surface area contributed by atoms with Gasteiger partial charge in [0, 0.05) is 18.4 Å². The Morgan fingerprint density at radius 1 is 1.09 bits per heavy atom. The second kappa shape index (κ2) is 8.32. The molecular weight excluding hydrogens is 282 g/mol. The van der Waals surface area contributed by atoms with E-state index >= 15 is 0 Å². The maximum Gasteiger partial charge on any atom is 0.326 e. The number of carboxylic acid groups (broad SMARTS) is 1. The van der Waals surface area contributed by atoms with Crippen molar-refractivity contribution in [2.45, 2.75) is 46.1 Å². The molecule has 0 saturated carbocycles. The Kier molecular flexibility index (Phi) is 6.76. The quantitative estimate of drug-likeness (QED) is 0.723. The molecule has 120 valence electrons. The number of Topliss-reactive ketones (excluding diaryl/α,β-unsaturated/α-hetero) is 1. The van der Waals surface area contributed by atoms with Crippen LogP contribution in [0.1, 0.15) is 49.0 Å². The highest BCUT2D eigenvalue weighted by Crippen LogP contribution is 2.09. The molecule has 0 heterocycles. The molecule has 1 amide bonds. The van der Waals surface area contributed by atoms with E-state index in [0.717, 1.165) is 5.56 Å². The minimum atomic E-state index is -1.05. The molecule has 0 unspecified atom stereocenters. The van der Waals surface area contributed by atoms with Crippen LogP contribution in [0, 0.1) is 12.8 Å². The normalized spacial score (nSPS) is 12.0. The Bertz CT molecular complexity index is 534. The van der Waals surface area contributed by atoms with Gasteiger partial charge in [-0.05, 0) is 19.3 Å². The number of carbonyl (C=O) groups excluding carboxylic acids is 2. The number of carbonyl (C=O) groups is 3. The summed E-state index contributed by atoms with van der Waals surface area (Å²) < 4.78 is 0. The van der Waals surface area contributed by atoms with Gasteiger partial charge in [0.15, 0.2) is 5.78 Å². The van der Waals surface area contributed by atoms with Crippen molar-refractivity contribution in [3.8, 4) is 0 Å². The highest BCUT2D eigenvalue weighted by Gasteiger charge is 2.21. The van der Waals surface area contributed by atoms with E-state index in [-0.39, 0.29) is 24.5 Å². The minimum Gasteiger partial charge on any atom is -0.480 e. The molecule has 0 aromatic heterocycles. The summed E-state index contributed by atoms with van der Waals surface area (Å²) in [7, 11) is 0. The molecule has 0 spiro atoms. The highest BCUT2D eigenvalue weighted by molar-refractivity contribution is 5.98. The van der Waals surface area contributed by atoms with E-state index in [9.17, 15) is 14.4 Å². The van der Waals surface area contributed by atoms with Gasteiger partial charge >= 0.3 is 5.97 Å². The van der Waals surface area contributed by atoms with Crippen LogP contribution in [0.4, 0.5) is 0 Å². The number of ketones is 1. The molecule has 0 bridgehead atoms. The van der Waals surface area contributed by atoms with E-state index < -0.39 is 17.9 Å². The predicted octanol–water partition coefficient (Wildman–Crippen LogP) is 2.57. The molecular formula is C17H23NO4. The van der Waals surface area contributed by atoms with E-state index in [4.69, 9.17) is 5.11 Å². The fourth-order valence-electron chi connectivity index (χ4n) is 2.07. The summed E-state index contributed by atoms with van der Waals surface area (Å²) in [6, 6.07) is 6.25. The molecule has 1 atom stereocenters. The van der Waals surface area contributed by atoms with Crippen LogP contribution in [0.15, 0.2) is 24.3 Å². The van der Waals surface area contributed by atoms with E-state index in [1.54, 1.807) is 12.1 Å².